The molecule has 2 aliphatic carbocycles. The molecule has 2 saturated carbocycles. The maximum atomic E-state index is 14.9. The molecule has 6 aliphatic rings. The summed E-state index contributed by atoms with van der Waals surface area (Å²) in [4.78, 5) is 33.1. The summed E-state index contributed by atoms with van der Waals surface area (Å²) in [6, 6.07) is 12.7. The molecule has 254 valence electrons. The van der Waals surface area contributed by atoms with Crippen LogP contribution in [0, 0.1) is 5.41 Å². The van der Waals surface area contributed by atoms with Crippen LogP contribution in [0.15, 0.2) is 36.4 Å². The molecular weight excluding hydrogens is 627 g/mol. The van der Waals surface area contributed by atoms with E-state index in [1.54, 1.807) is 13.2 Å². The van der Waals surface area contributed by atoms with E-state index in [0.717, 1.165) is 79.6 Å². The van der Waals surface area contributed by atoms with Gasteiger partial charge in [-0.1, -0.05) is 32.3 Å². The summed E-state index contributed by atoms with van der Waals surface area (Å²) in [6.07, 6.45) is 8.43. The highest BCUT2D eigenvalue weighted by Crippen LogP contribution is 2.66. The number of aromatic nitrogens is 1. The fraction of sp³-hybridized carbons (Fsp3) is 0.568. The average Bonchev–Trinajstić information content (AvgIpc) is 3.30. The highest BCUT2D eigenvalue weighted by atomic mass is 32.2. The highest BCUT2D eigenvalue weighted by Gasteiger charge is 2.65. The van der Waals surface area contributed by atoms with Gasteiger partial charge in [-0.05, 0) is 86.0 Å². The lowest BCUT2D eigenvalue weighted by atomic mass is 9.81. The number of nitrogens with one attached hydrogen (secondary N) is 1. The van der Waals surface area contributed by atoms with Gasteiger partial charge in [-0.3, -0.25) is 14.5 Å². The lowest BCUT2D eigenvalue weighted by Gasteiger charge is -2.36. The van der Waals surface area contributed by atoms with E-state index in [0.29, 0.717) is 37.2 Å². The van der Waals surface area contributed by atoms with Crippen LogP contribution in [0.2, 0.25) is 0 Å². The molecule has 1 aromatic heterocycles. The fourth-order valence-corrected chi connectivity index (χ4v) is 11.1. The Labute approximate surface area is 282 Å². The van der Waals surface area contributed by atoms with Crippen LogP contribution in [0.1, 0.15) is 91.6 Å². The molecule has 0 radical (unpaired) electrons. The number of piperazine rings is 1. The molecule has 5 heterocycles. The number of benzene rings is 2. The topological polar surface area (TPSA) is 104 Å². The molecular formula is C37H45N5O5S. The molecule has 5 fully saturated rings. The zero-order chi connectivity index (χ0) is 32.9. The first-order valence-electron chi connectivity index (χ1n) is 17.9. The number of nitrogens with zero attached hydrogens (tertiary/aromatic N) is 4. The van der Waals surface area contributed by atoms with Crippen LogP contribution in [0.25, 0.3) is 22.2 Å². The van der Waals surface area contributed by atoms with E-state index in [1.165, 1.54) is 34.7 Å². The van der Waals surface area contributed by atoms with Crippen LogP contribution in [0.5, 0.6) is 5.75 Å². The number of rotatable bonds is 7. The Balaban J connectivity index is 1.20. The lowest BCUT2D eigenvalue weighted by molar-refractivity contribution is -0.140. The van der Waals surface area contributed by atoms with E-state index >= 15 is 0 Å². The third-order valence-corrected chi connectivity index (χ3v) is 14.1. The number of methoxy groups -OCH3 is 1. The number of likely N-dealkylation sites (tertiary alicyclic amines) is 2. The normalized spacial score (nSPS) is 28.4. The number of likely N-dealkylation sites (N-methyl/N-ethyl adjacent to an activating group) is 1. The molecule has 4 atom stereocenters. The van der Waals surface area contributed by atoms with Gasteiger partial charge in [0, 0.05) is 72.8 Å². The molecule has 48 heavy (non-hydrogen) atoms. The Morgan fingerprint density at radius 1 is 1.00 bits per heavy atom. The molecule has 2 unspecified atom stereocenters. The van der Waals surface area contributed by atoms with Crippen LogP contribution < -0.4 is 9.46 Å². The van der Waals surface area contributed by atoms with E-state index in [4.69, 9.17) is 4.74 Å². The van der Waals surface area contributed by atoms with Crippen molar-refractivity contribution < 1.29 is 22.7 Å². The molecule has 3 aromatic rings. The monoisotopic (exact) mass is 671 g/mol. The van der Waals surface area contributed by atoms with Crippen molar-refractivity contribution in [2.45, 2.75) is 88.8 Å². The molecule has 1 N–H and O–H groups in total. The van der Waals surface area contributed by atoms with Crippen molar-refractivity contribution >= 4 is 32.9 Å². The third kappa shape index (κ3) is 4.53. The van der Waals surface area contributed by atoms with Crippen molar-refractivity contribution in [2.75, 3.05) is 39.8 Å². The minimum absolute atomic E-state index is 0.0822. The maximum Gasteiger partial charge on any atom is 0.304 e. The molecule has 10 nitrogen and oxygen atoms in total. The second-order valence-electron chi connectivity index (χ2n) is 15.1. The van der Waals surface area contributed by atoms with E-state index < -0.39 is 21.5 Å². The summed E-state index contributed by atoms with van der Waals surface area (Å²) in [5, 5.41) is 1.10. The second kappa shape index (κ2) is 11.1. The van der Waals surface area contributed by atoms with Gasteiger partial charge in [0.25, 0.3) is 5.91 Å². The van der Waals surface area contributed by atoms with Crippen molar-refractivity contribution in [3.63, 3.8) is 0 Å². The fourth-order valence-electron chi connectivity index (χ4n) is 9.86. The number of hydrogen-bond donors (Lipinski definition) is 1. The smallest absolute Gasteiger partial charge is 0.304 e. The molecule has 11 heteroatoms. The maximum absolute atomic E-state index is 14.9. The Kier molecular flexibility index (Phi) is 7.05. The molecule has 9 rings (SSSR count). The Bertz CT molecular complexity index is 1950. The number of amides is 2. The van der Waals surface area contributed by atoms with Crippen LogP contribution in [-0.2, 0) is 21.5 Å². The SMILES string of the molecule is CCN1C[C@H]2C[C@@H]1CN2C(=O)C12CC1c1cc(OC)ccc1-c1c(C3CCCCC3)c3ccc(C(=O)NS(=O)(=O)N4CCC4)cc3n1C2. The summed E-state index contributed by atoms with van der Waals surface area (Å²) in [6.45, 7) is 6.34. The van der Waals surface area contributed by atoms with Gasteiger partial charge in [0.1, 0.15) is 5.75 Å². The van der Waals surface area contributed by atoms with Crippen LogP contribution >= 0.6 is 0 Å². The molecule has 2 aromatic carbocycles. The van der Waals surface area contributed by atoms with Crippen LogP contribution in [-0.4, -0.2) is 90.8 Å². The summed E-state index contributed by atoms with van der Waals surface area (Å²) >= 11 is 0. The van der Waals surface area contributed by atoms with Gasteiger partial charge in [-0.2, -0.15) is 12.7 Å². The van der Waals surface area contributed by atoms with E-state index in [9.17, 15) is 18.0 Å². The zero-order valence-corrected chi connectivity index (χ0v) is 28.7. The van der Waals surface area contributed by atoms with Crippen molar-refractivity contribution in [1.82, 2.24) is 23.4 Å². The minimum atomic E-state index is -3.89. The van der Waals surface area contributed by atoms with Crippen molar-refractivity contribution in [2.24, 2.45) is 5.41 Å². The third-order valence-electron chi connectivity index (χ3n) is 12.6. The summed E-state index contributed by atoms with van der Waals surface area (Å²) in [7, 11) is -2.19. The zero-order valence-electron chi connectivity index (χ0n) is 27.9. The quantitative estimate of drug-likeness (QED) is 0.386. The molecule has 3 saturated heterocycles. The standard InChI is InChI=1S/C37H45N5O5S/c1-3-39-20-26-17-25(39)21-41(26)36(44)37-19-31(37)30-18-27(47-2)11-13-28(30)34-33(23-8-5-4-6-9-23)29-12-10-24(16-32(29)42(34)22-37)35(43)38-48(45,46)40-14-7-15-40/h10-13,16,18,23,25-26,31H,3-9,14-15,17,19-22H2,1-2H3,(H,38,43)/t25-,26-,31?,37?/m1/s1. The summed E-state index contributed by atoms with van der Waals surface area (Å²) in [5.41, 5.74) is 5.42. The van der Waals surface area contributed by atoms with Gasteiger partial charge in [-0.25, -0.2) is 4.72 Å². The number of carbonyl (C=O) groups excluding carboxylic acids is 2. The van der Waals surface area contributed by atoms with Gasteiger partial charge in [0.15, 0.2) is 0 Å². The van der Waals surface area contributed by atoms with Gasteiger partial charge in [0.2, 0.25) is 5.91 Å². The summed E-state index contributed by atoms with van der Waals surface area (Å²) < 4.78 is 37.4. The largest absolute Gasteiger partial charge is 0.497 e. The molecule has 0 spiro atoms. The van der Waals surface area contributed by atoms with E-state index in [1.807, 2.05) is 18.2 Å². The van der Waals surface area contributed by atoms with E-state index in [-0.39, 0.29) is 17.9 Å². The Hall–Kier alpha value is -3.41. The van der Waals surface area contributed by atoms with E-state index in [2.05, 4.69) is 38.1 Å². The van der Waals surface area contributed by atoms with Crippen LogP contribution in [0.3, 0.4) is 0 Å². The van der Waals surface area contributed by atoms with Gasteiger partial charge < -0.3 is 14.2 Å². The van der Waals surface area contributed by atoms with Crippen molar-refractivity contribution in [3.8, 4) is 17.0 Å². The Morgan fingerprint density at radius 3 is 2.50 bits per heavy atom. The van der Waals surface area contributed by atoms with Gasteiger partial charge in [0.05, 0.1) is 18.2 Å². The first-order valence-corrected chi connectivity index (χ1v) is 19.4. The first-order chi connectivity index (χ1) is 23.2. The first kappa shape index (κ1) is 30.6. The Morgan fingerprint density at radius 2 is 1.81 bits per heavy atom. The molecule has 2 amide bonds. The van der Waals surface area contributed by atoms with Crippen molar-refractivity contribution in [3.05, 3.63) is 53.1 Å². The minimum Gasteiger partial charge on any atom is -0.497 e. The summed E-state index contributed by atoms with van der Waals surface area (Å²) in [5.74, 6) is 0.883. The predicted octanol–water partition coefficient (Wildman–Crippen LogP) is 4.84. The van der Waals surface area contributed by atoms with Crippen molar-refractivity contribution in [1.29, 1.82) is 0 Å². The second-order valence-corrected chi connectivity index (χ2v) is 16.7. The van der Waals surface area contributed by atoms with Gasteiger partial charge >= 0.3 is 10.2 Å². The number of hydrogen-bond acceptors (Lipinski definition) is 6. The number of fused-ring (bicyclic) bond motifs is 9. The molecule has 2 bridgehead atoms. The number of ether oxygens (including phenoxy) is 1. The predicted molar refractivity (Wildman–Crippen MR) is 183 cm³/mol. The molecule has 4 aliphatic heterocycles. The lowest BCUT2D eigenvalue weighted by Crippen LogP contribution is -2.51. The number of carbonyl (C=O) groups is 2. The highest BCUT2D eigenvalue weighted by molar-refractivity contribution is 7.87. The van der Waals surface area contributed by atoms with Crippen LogP contribution in [0.4, 0.5) is 0 Å². The van der Waals surface area contributed by atoms with Gasteiger partial charge in [-0.15, -0.1) is 0 Å². The average molecular weight is 672 g/mol.